The normalized spacial score (nSPS) is 19.8. The zero-order chi connectivity index (χ0) is 21.6. The number of rotatable bonds is 5. The summed E-state index contributed by atoms with van der Waals surface area (Å²) >= 11 is 0. The van der Waals surface area contributed by atoms with Crippen LogP contribution in [-0.2, 0) is 11.3 Å². The van der Waals surface area contributed by atoms with Gasteiger partial charge in [0.05, 0.1) is 17.2 Å². The van der Waals surface area contributed by atoms with E-state index in [2.05, 4.69) is 41.4 Å². The van der Waals surface area contributed by atoms with Crippen LogP contribution < -0.4 is 5.32 Å². The molecule has 2 aromatic carbocycles. The Kier molecular flexibility index (Phi) is 7.03. The second kappa shape index (κ2) is 10.1. The van der Waals surface area contributed by atoms with Crippen molar-refractivity contribution >= 4 is 17.5 Å². The first-order chi connectivity index (χ1) is 15.1. The van der Waals surface area contributed by atoms with Crippen molar-refractivity contribution in [1.82, 2.24) is 9.80 Å². The van der Waals surface area contributed by atoms with Crippen LogP contribution in [0.15, 0.2) is 48.5 Å². The maximum absolute atomic E-state index is 13.1. The summed E-state index contributed by atoms with van der Waals surface area (Å²) in [7, 11) is 0. The minimum Gasteiger partial charge on any atom is -0.339 e. The Labute approximate surface area is 185 Å². The van der Waals surface area contributed by atoms with E-state index in [4.69, 9.17) is 0 Å². The molecule has 0 radical (unpaired) electrons. The number of hydrogen-bond acceptors (Lipinski definition) is 3. The minimum atomic E-state index is -0.0586. The molecule has 2 amide bonds. The molecule has 4 rings (SSSR count). The summed E-state index contributed by atoms with van der Waals surface area (Å²) in [5, 5.41) is 3.08. The molecule has 2 aliphatic heterocycles. The molecule has 0 spiro atoms. The number of nitrogens with zero attached hydrogens (tertiary/aromatic N) is 2. The Morgan fingerprint density at radius 2 is 1.77 bits per heavy atom. The van der Waals surface area contributed by atoms with E-state index in [1.807, 2.05) is 29.2 Å². The number of aryl methyl sites for hydroxylation is 1. The lowest BCUT2D eigenvalue weighted by Crippen LogP contribution is -2.40. The van der Waals surface area contributed by atoms with Crippen molar-refractivity contribution in [2.45, 2.75) is 45.6 Å². The Hall–Kier alpha value is -2.66. The average molecular weight is 420 g/mol. The van der Waals surface area contributed by atoms with E-state index in [0.29, 0.717) is 11.3 Å². The lowest BCUT2D eigenvalue weighted by molar-refractivity contribution is -0.121. The fraction of sp³-hybridized carbons (Fsp3) is 0.462. The van der Waals surface area contributed by atoms with E-state index in [1.165, 1.54) is 17.5 Å². The summed E-state index contributed by atoms with van der Waals surface area (Å²) in [6, 6.07) is 16.0. The van der Waals surface area contributed by atoms with Crippen molar-refractivity contribution in [1.29, 1.82) is 0 Å². The van der Waals surface area contributed by atoms with Crippen molar-refractivity contribution in [3.63, 3.8) is 0 Å². The van der Waals surface area contributed by atoms with Crippen LogP contribution in [0.25, 0.3) is 0 Å². The van der Waals surface area contributed by atoms with Gasteiger partial charge in [0, 0.05) is 26.2 Å². The molecule has 0 saturated carbocycles. The number of nitrogens with one attached hydrogen (secondary N) is 1. The van der Waals surface area contributed by atoms with Crippen LogP contribution >= 0.6 is 0 Å². The van der Waals surface area contributed by atoms with Gasteiger partial charge < -0.3 is 10.2 Å². The van der Waals surface area contributed by atoms with Gasteiger partial charge in [-0.15, -0.1) is 0 Å². The second-order valence-electron chi connectivity index (χ2n) is 8.95. The van der Waals surface area contributed by atoms with Gasteiger partial charge in [-0.25, -0.2) is 0 Å². The van der Waals surface area contributed by atoms with Crippen LogP contribution in [0, 0.1) is 12.8 Å². The highest BCUT2D eigenvalue weighted by atomic mass is 16.2. The predicted molar refractivity (Wildman–Crippen MR) is 124 cm³/mol. The quantitative estimate of drug-likeness (QED) is 0.778. The van der Waals surface area contributed by atoms with Gasteiger partial charge in [0.15, 0.2) is 0 Å². The molecule has 5 nitrogen and oxygen atoms in total. The molecule has 5 heteroatoms. The van der Waals surface area contributed by atoms with Crippen LogP contribution in [0.5, 0.6) is 0 Å². The fourth-order valence-corrected chi connectivity index (χ4v) is 4.76. The number of benzene rings is 2. The monoisotopic (exact) mass is 419 g/mol. The highest BCUT2D eigenvalue weighted by molar-refractivity contribution is 6.04. The van der Waals surface area contributed by atoms with Crippen LogP contribution in [-0.4, -0.2) is 47.8 Å². The molecule has 2 heterocycles. The van der Waals surface area contributed by atoms with E-state index >= 15 is 0 Å². The van der Waals surface area contributed by atoms with E-state index in [9.17, 15) is 9.59 Å². The maximum Gasteiger partial charge on any atom is 0.255 e. The van der Waals surface area contributed by atoms with Crippen LogP contribution in [0.3, 0.4) is 0 Å². The largest absolute Gasteiger partial charge is 0.339 e. The minimum absolute atomic E-state index is 0.0211. The summed E-state index contributed by atoms with van der Waals surface area (Å²) in [6.07, 6.45) is 5.19. The predicted octanol–water partition coefficient (Wildman–Crippen LogP) is 4.47. The van der Waals surface area contributed by atoms with Crippen molar-refractivity contribution < 1.29 is 9.59 Å². The summed E-state index contributed by atoms with van der Waals surface area (Å²) in [4.78, 5) is 30.4. The first kappa shape index (κ1) is 21.6. The third-order valence-corrected chi connectivity index (χ3v) is 6.42. The highest BCUT2D eigenvalue weighted by Gasteiger charge is 2.27. The lowest BCUT2D eigenvalue weighted by Gasteiger charge is -2.32. The molecule has 2 aliphatic rings. The Bertz CT molecular complexity index is 920. The summed E-state index contributed by atoms with van der Waals surface area (Å²) in [5.74, 6) is -0.00939. The van der Waals surface area contributed by atoms with Gasteiger partial charge in [-0.3, -0.25) is 14.5 Å². The topological polar surface area (TPSA) is 52.7 Å². The molecule has 1 atom stereocenters. The maximum atomic E-state index is 13.1. The number of anilines is 1. The average Bonchev–Trinajstić information content (AvgIpc) is 2.80. The first-order valence-corrected chi connectivity index (χ1v) is 11.6. The van der Waals surface area contributed by atoms with Crippen molar-refractivity contribution in [2.75, 3.05) is 31.5 Å². The lowest BCUT2D eigenvalue weighted by atomic mass is 9.96. The fourth-order valence-electron chi connectivity index (χ4n) is 4.76. The number of amides is 2. The summed E-state index contributed by atoms with van der Waals surface area (Å²) in [6.45, 7) is 6.35. The Morgan fingerprint density at radius 3 is 2.58 bits per heavy atom. The Balaban J connectivity index is 1.40. The molecule has 1 N–H and O–H groups in total. The SMILES string of the molecule is Cc1cccc(CN2CCCC(C(=O)Nc3ccccc3C(=O)N3CCCCC3)C2)c1. The second-order valence-corrected chi connectivity index (χ2v) is 8.95. The van der Waals surface area contributed by atoms with Crippen LogP contribution in [0.2, 0.25) is 0 Å². The van der Waals surface area contributed by atoms with Crippen LogP contribution in [0.4, 0.5) is 5.69 Å². The van der Waals surface area contributed by atoms with Gasteiger partial charge in [0.2, 0.25) is 5.91 Å². The highest BCUT2D eigenvalue weighted by Crippen LogP contribution is 2.24. The molecular weight excluding hydrogens is 386 g/mol. The van der Waals surface area contributed by atoms with Gasteiger partial charge in [-0.05, 0) is 63.3 Å². The molecule has 2 fully saturated rings. The molecule has 2 aromatic rings. The molecule has 0 aliphatic carbocycles. The first-order valence-electron chi connectivity index (χ1n) is 11.6. The molecule has 164 valence electrons. The number of para-hydroxylation sites is 1. The van der Waals surface area contributed by atoms with Gasteiger partial charge in [0.1, 0.15) is 0 Å². The van der Waals surface area contributed by atoms with E-state index in [-0.39, 0.29) is 17.7 Å². The number of piperidine rings is 2. The van der Waals surface area contributed by atoms with Crippen molar-refractivity contribution in [2.24, 2.45) is 5.92 Å². The third-order valence-electron chi connectivity index (χ3n) is 6.42. The number of carbonyl (C=O) groups is 2. The zero-order valence-electron chi connectivity index (χ0n) is 18.5. The van der Waals surface area contributed by atoms with Gasteiger partial charge in [-0.2, -0.15) is 0 Å². The number of hydrogen-bond donors (Lipinski definition) is 1. The molecule has 0 bridgehead atoms. The molecule has 2 saturated heterocycles. The molecular formula is C26H33N3O2. The smallest absolute Gasteiger partial charge is 0.255 e. The zero-order valence-corrected chi connectivity index (χ0v) is 18.5. The molecule has 1 unspecified atom stereocenters. The van der Waals surface area contributed by atoms with Crippen LogP contribution in [0.1, 0.15) is 53.6 Å². The van der Waals surface area contributed by atoms with Gasteiger partial charge in [-0.1, -0.05) is 42.0 Å². The van der Waals surface area contributed by atoms with E-state index in [1.54, 1.807) is 0 Å². The van der Waals surface area contributed by atoms with Gasteiger partial charge in [0.25, 0.3) is 5.91 Å². The third kappa shape index (κ3) is 5.53. The summed E-state index contributed by atoms with van der Waals surface area (Å²) < 4.78 is 0. The molecule has 31 heavy (non-hydrogen) atoms. The Morgan fingerprint density at radius 1 is 0.968 bits per heavy atom. The summed E-state index contributed by atoms with van der Waals surface area (Å²) in [5.41, 5.74) is 3.79. The van der Waals surface area contributed by atoms with Crippen molar-refractivity contribution in [3.05, 3.63) is 65.2 Å². The van der Waals surface area contributed by atoms with Crippen molar-refractivity contribution in [3.8, 4) is 0 Å². The van der Waals surface area contributed by atoms with E-state index < -0.39 is 0 Å². The van der Waals surface area contributed by atoms with E-state index in [0.717, 1.165) is 58.4 Å². The standard InChI is InChI=1S/C26H33N3O2/c1-20-9-7-10-21(17-20)18-28-14-8-11-22(19-28)25(30)27-24-13-4-3-12-23(24)26(31)29-15-5-2-6-16-29/h3-4,7,9-10,12-13,17,22H,2,5-6,8,11,14-16,18-19H2,1H3,(H,27,30). The molecule has 0 aromatic heterocycles. The number of likely N-dealkylation sites (tertiary alicyclic amines) is 2. The van der Waals surface area contributed by atoms with Gasteiger partial charge >= 0.3 is 0 Å². The number of carbonyl (C=O) groups excluding carboxylic acids is 2.